The first-order valence-electron chi connectivity index (χ1n) is 7.63. The van der Waals surface area contributed by atoms with Gasteiger partial charge in [0.25, 0.3) is 0 Å². The Labute approximate surface area is 146 Å². The average Bonchev–Trinajstić information content (AvgIpc) is 3.01. The van der Waals surface area contributed by atoms with Gasteiger partial charge in [0.05, 0.1) is 26.5 Å². The molecule has 0 aliphatic carbocycles. The average molecular weight is 349 g/mol. The number of thiazole rings is 1. The van der Waals surface area contributed by atoms with Crippen LogP contribution in [0.5, 0.6) is 11.5 Å². The van der Waals surface area contributed by atoms with Crippen LogP contribution in [0.4, 0.5) is 0 Å². The van der Waals surface area contributed by atoms with Gasteiger partial charge in [0, 0.05) is 23.5 Å². The smallest absolute Gasteiger partial charge is 0.231 e. The summed E-state index contributed by atoms with van der Waals surface area (Å²) in [7, 11) is 3.22. The van der Waals surface area contributed by atoms with E-state index < -0.39 is 0 Å². The monoisotopic (exact) mass is 349 g/mol. The van der Waals surface area contributed by atoms with Crippen molar-refractivity contribution in [2.24, 2.45) is 5.73 Å². The van der Waals surface area contributed by atoms with Crippen molar-refractivity contribution in [3.63, 3.8) is 0 Å². The SMILES string of the molecule is COc1ccc(-c2nc(CN(CC(N)=O)C(C)C)cs2)cc1OC. The summed E-state index contributed by atoms with van der Waals surface area (Å²) in [5.41, 5.74) is 7.20. The van der Waals surface area contributed by atoms with Crippen LogP contribution in [-0.2, 0) is 11.3 Å². The summed E-state index contributed by atoms with van der Waals surface area (Å²) in [6.45, 7) is 4.88. The molecule has 1 aromatic heterocycles. The van der Waals surface area contributed by atoms with Crippen molar-refractivity contribution in [1.29, 1.82) is 0 Å². The van der Waals surface area contributed by atoms with E-state index in [1.54, 1.807) is 25.6 Å². The molecule has 0 saturated carbocycles. The molecule has 130 valence electrons. The summed E-state index contributed by atoms with van der Waals surface area (Å²) >= 11 is 1.56. The lowest BCUT2D eigenvalue weighted by atomic mass is 10.2. The number of rotatable bonds is 8. The van der Waals surface area contributed by atoms with Crippen LogP contribution in [0.1, 0.15) is 19.5 Å². The predicted octanol–water partition coefficient (Wildman–Crippen LogP) is 2.52. The van der Waals surface area contributed by atoms with Gasteiger partial charge in [-0.2, -0.15) is 0 Å². The number of amides is 1. The number of primary amides is 1. The Bertz CT molecular complexity index is 700. The van der Waals surface area contributed by atoms with Crippen LogP contribution in [-0.4, -0.2) is 42.6 Å². The Morgan fingerprint density at radius 1 is 1.29 bits per heavy atom. The number of nitrogens with zero attached hydrogens (tertiary/aromatic N) is 2. The quantitative estimate of drug-likeness (QED) is 0.792. The number of carbonyl (C=O) groups is 1. The lowest BCUT2D eigenvalue weighted by Gasteiger charge is -2.23. The third-order valence-electron chi connectivity index (χ3n) is 3.64. The molecule has 0 spiro atoms. The third-order valence-corrected chi connectivity index (χ3v) is 4.58. The number of ether oxygens (including phenoxy) is 2. The van der Waals surface area contributed by atoms with Crippen LogP contribution in [0.15, 0.2) is 23.6 Å². The van der Waals surface area contributed by atoms with E-state index in [9.17, 15) is 4.79 Å². The Balaban J connectivity index is 2.19. The Morgan fingerprint density at radius 3 is 2.58 bits per heavy atom. The first-order chi connectivity index (χ1) is 11.4. The van der Waals surface area contributed by atoms with E-state index in [-0.39, 0.29) is 18.5 Å². The van der Waals surface area contributed by atoms with E-state index in [0.29, 0.717) is 18.0 Å². The van der Waals surface area contributed by atoms with Crippen LogP contribution >= 0.6 is 11.3 Å². The number of carbonyl (C=O) groups excluding carboxylic acids is 1. The van der Waals surface area contributed by atoms with Crippen LogP contribution in [0.3, 0.4) is 0 Å². The molecule has 2 N–H and O–H groups in total. The van der Waals surface area contributed by atoms with Gasteiger partial charge in [-0.25, -0.2) is 4.98 Å². The van der Waals surface area contributed by atoms with Crippen molar-refractivity contribution in [3.05, 3.63) is 29.3 Å². The largest absolute Gasteiger partial charge is 0.493 e. The molecule has 2 aromatic rings. The van der Waals surface area contributed by atoms with Crippen LogP contribution in [0.2, 0.25) is 0 Å². The Morgan fingerprint density at radius 2 is 2.00 bits per heavy atom. The molecule has 2 rings (SSSR count). The van der Waals surface area contributed by atoms with Gasteiger partial charge in [-0.3, -0.25) is 9.69 Å². The first kappa shape index (κ1) is 18.2. The number of aromatic nitrogens is 1. The Hall–Kier alpha value is -2.12. The van der Waals surface area contributed by atoms with Gasteiger partial charge in [-0.1, -0.05) is 0 Å². The summed E-state index contributed by atoms with van der Waals surface area (Å²) in [4.78, 5) is 17.9. The van der Waals surface area contributed by atoms with Crippen molar-refractivity contribution < 1.29 is 14.3 Å². The fraction of sp³-hybridized carbons (Fsp3) is 0.412. The molecule has 0 atom stereocenters. The minimum atomic E-state index is -0.334. The van der Waals surface area contributed by atoms with Gasteiger partial charge in [0.15, 0.2) is 11.5 Å². The maximum Gasteiger partial charge on any atom is 0.231 e. The van der Waals surface area contributed by atoms with Gasteiger partial charge in [0.1, 0.15) is 5.01 Å². The van der Waals surface area contributed by atoms with Gasteiger partial charge < -0.3 is 15.2 Å². The molecule has 6 nitrogen and oxygen atoms in total. The minimum absolute atomic E-state index is 0.212. The molecule has 24 heavy (non-hydrogen) atoms. The topological polar surface area (TPSA) is 77.7 Å². The highest BCUT2D eigenvalue weighted by Gasteiger charge is 2.15. The summed E-state index contributed by atoms with van der Waals surface area (Å²) in [5.74, 6) is 1.02. The molecule has 1 heterocycles. The lowest BCUT2D eigenvalue weighted by molar-refractivity contribution is -0.119. The number of hydrogen-bond donors (Lipinski definition) is 1. The van der Waals surface area contributed by atoms with Crippen molar-refractivity contribution >= 4 is 17.2 Å². The molecular formula is C17H23N3O3S. The summed E-state index contributed by atoms with van der Waals surface area (Å²) < 4.78 is 10.6. The zero-order chi connectivity index (χ0) is 17.7. The van der Waals surface area contributed by atoms with E-state index in [2.05, 4.69) is 4.98 Å². The fourth-order valence-electron chi connectivity index (χ4n) is 2.31. The molecule has 7 heteroatoms. The standard InChI is InChI=1S/C17H23N3O3S/c1-11(2)20(9-16(18)21)8-13-10-24-17(19-13)12-5-6-14(22-3)15(7-12)23-4/h5-7,10-11H,8-9H2,1-4H3,(H2,18,21). The van der Waals surface area contributed by atoms with E-state index in [1.165, 1.54) is 0 Å². The summed E-state index contributed by atoms with van der Waals surface area (Å²) in [5, 5.41) is 2.90. The predicted molar refractivity (Wildman–Crippen MR) is 95.4 cm³/mol. The second-order valence-corrected chi connectivity index (χ2v) is 6.54. The van der Waals surface area contributed by atoms with Gasteiger partial charge in [-0.05, 0) is 32.0 Å². The molecule has 0 unspecified atom stereocenters. The molecule has 0 saturated heterocycles. The third kappa shape index (κ3) is 4.46. The van der Waals surface area contributed by atoms with Crippen molar-refractivity contribution in [2.75, 3.05) is 20.8 Å². The molecule has 0 fully saturated rings. The highest BCUT2D eigenvalue weighted by Crippen LogP contribution is 2.33. The second-order valence-electron chi connectivity index (χ2n) is 5.68. The zero-order valence-corrected chi connectivity index (χ0v) is 15.2. The number of methoxy groups -OCH3 is 2. The molecule has 0 aliphatic heterocycles. The maximum absolute atomic E-state index is 11.2. The molecule has 0 radical (unpaired) electrons. The lowest BCUT2D eigenvalue weighted by Crippen LogP contribution is -2.38. The minimum Gasteiger partial charge on any atom is -0.493 e. The highest BCUT2D eigenvalue weighted by molar-refractivity contribution is 7.13. The second kappa shape index (κ2) is 8.12. The molecular weight excluding hydrogens is 326 g/mol. The molecule has 1 amide bonds. The highest BCUT2D eigenvalue weighted by atomic mass is 32.1. The normalized spacial score (nSPS) is 11.1. The molecule has 1 aromatic carbocycles. The van der Waals surface area contributed by atoms with Crippen LogP contribution in [0, 0.1) is 0 Å². The maximum atomic E-state index is 11.2. The van der Waals surface area contributed by atoms with Crippen molar-refractivity contribution in [3.8, 4) is 22.1 Å². The van der Waals surface area contributed by atoms with Crippen molar-refractivity contribution in [2.45, 2.75) is 26.4 Å². The van der Waals surface area contributed by atoms with E-state index >= 15 is 0 Å². The number of nitrogens with two attached hydrogens (primary N) is 1. The fourth-order valence-corrected chi connectivity index (χ4v) is 3.12. The van der Waals surface area contributed by atoms with Crippen molar-refractivity contribution in [1.82, 2.24) is 9.88 Å². The Kier molecular flexibility index (Phi) is 6.16. The van der Waals surface area contributed by atoms with Gasteiger partial charge in [0.2, 0.25) is 5.91 Å². The summed E-state index contributed by atoms with van der Waals surface area (Å²) in [6.07, 6.45) is 0. The van der Waals surface area contributed by atoms with E-state index in [1.807, 2.05) is 42.3 Å². The summed E-state index contributed by atoms with van der Waals surface area (Å²) in [6, 6.07) is 5.94. The van der Waals surface area contributed by atoms with E-state index in [0.717, 1.165) is 16.3 Å². The molecule has 0 aliphatic rings. The first-order valence-corrected chi connectivity index (χ1v) is 8.51. The van der Waals surface area contributed by atoms with Crippen LogP contribution in [0.25, 0.3) is 10.6 Å². The molecule has 0 bridgehead atoms. The van der Waals surface area contributed by atoms with Gasteiger partial charge >= 0.3 is 0 Å². The number of benzene rings is 1. The van der Waals surface area contributed by atoms with Gasteiger partial charge in [-0.15, -0.1) is 11.3 Å². The number of hydrogen-bond acceptors (Lipinski definition) is 6. The zero-order valence-electron chi connectivity index (χ0n) is 14.4. The van der Waals surface area contributed by atoms with E-state index in [4.69, 9.17) is 15.2 Å². The van der Waals surface area contributed by atoms with Crippen LogP contribution < -0.4 is 15.2 Å².